The maximum Gasteiger partial charge on any atom is 0.573 e. The van der Waals surface area contributed by atoms with E-state index in [1.807, 2.05) is 44.2 Å². The summed E-state index contributed by atoms with van der Waals surface area (Å²) < 4.78 is 71.7. The highest BCUT2D eigenvalue weighted by atomic mass is 32.2. The van der Waals surface area contributed by atoms with Crippen LogP contribution in [0.4, 0.5) is 13.2 Å². The predicted octanol–water partition coefficient (Wildman–Crippen LogP) is 3.65. The number of halogens is 3. The van der Waals surface area contributed by atoms with Gasteiger partial charge in [0.05, 0.1) is 17.5 Å². The molecule has 2 aromatic carbocycles. The van der Waals surface area contributed by atoms with Crippen molar-refractivity contribution in [2.45, 2.75) is 63.5 Å². The Morgan fingerprint density at radius 2 is 1.65 bits per heavy atom. The van der Waals surface area contributed by atoms with E-state index in [4.69, 9.17) is 4.98 Å². The second-order valence-electron chi connectivity index (χ2n) is 10.4. The van der Waals surface area contributed by atoms with Crippen LogP contribution in [0.2, 0.25) is 0 Å². The molecule has 2 atom stereocenters. The van der Waals surface area contributed by atoms with Gasteiger partial charge in [-0.2, -0.15) is 9.40 Å². The van der Waals surface area contributed by atoms with E-state index in [2.05, 4.69) is 20.5 Å². The highest BCUT2D eigenvalue weighted by Crippen LogP contribution is 2.27. The number of benzene rings is 2. The van der Waals surface area contributed by atoms with Crippen LogP contribution in [-0.4, -0.2) is 64.8 Å². The summed E-state index contributed by atoms with van der Waals surface area (Å²) in [5.74, 6) is -0.743. The van der Waals surface area contributed by atoms with E-state index in [-0.39, 0.29) is 43.3 Å². The standard InChI is InChI=1S/C28H33F3N6O5S/c1-18(2)24-26-34-25(20-8-5-4-6-9-20)35-37(26)17-16-36(15-7-10-23(38)32-19(3)27(39)33-24)43(40,41)22-13-11-21(12-14-22)42-28(29,30)31/h4-6,8-9,11-14,18-19,24H,7,10,15-17H2,1-3H3,(H,32,38)(H,33,39)/t19-,24+/m1/s1. The second-order valence-corrected chi connectivity index (χ2v) is 12.4. The minimum Gasteiger partial charge on any atom is -0.406 e. The van der Waals surface area contributed by atoms with Crippen LogP contribution < -0.4 is 15.4 Å². The summed E-state index contributed by atoms with van der Waals surface area (Å²) in [5.41, 5.74) is 0.723. The molecule has 0 aliphatic carbocycles. The molecule has 0 fully saturated rings. The molecule has 0 unspecified atom stereocenters. The van der Waals surface area contributed by atoms with Crippen molar-refractivity contribution in [2.75, 3.05) is 13.1 Å². The lowest BCUT2D eigenvalue weighted by Gasteiger charge is -2.26. The van der Waals surface area contributed by atoms with Crippen LogP contribution in [0.3, 0.4) is 0 Å². The summed E-state index contributed by atoms with van der Waals surface area (Å²) in [5, 5.41) is 10.2. The zero-order chi connectivity index (χ0) is 31.4. The molecular weight excluding hydrogens is 589 g/mol. The Labute approximate surface area is 247 Å². The first-order valence-electron chi connectivity index (χ1n) is 13.7. The molecule has 0 bridgehead atoms. The number of aromatic nitrogens is 3. The zero-order valence-corrected chi connectivity index (χ0v) is 24.7. The first kappa shape index (κ1) is 31.9. The van der Waals surface area contributed by atoms with E-state index < -0.39 is 46.0 Å². The van der Waals surface area contributed by atoms with E-state index in [0.717, 1.165) is 34.1 Å². The Morgan fingerprint density at radius 3 is 2.28 bits per heavy atom. The third kappa shape index (κ3) is 8.10. The summed E-state index contributed by atoms with van der Waals surface area (Å²) in [6, 6.07) is 11.6. The fourth-order valence-electron chi connectivity index (χ4n) is 4.58. The van der Waals surface area contributed by atoms with Crippen molar-refractivity contribution in [3.8, 4) is 17.1 Å². The molecule has 0 saturated heterocycles. The Hall–Kier alpha value is -3.98. The molecule has 43 heavy (non-hydrogen) atoms. The normalized spacial score (nSPS) is 19.7. The third-order valence-corrected chi connectivity index (χ3v) is 8.73. The van der Waals surface area contributed by atoms with Crippen LogP contribution >= 0.6 is 0 Å². The number of amides is 2. The maximum absolute atomic E-state index is 13.7. The number of rotatable bonds is 5. The van der Waals surface area contributed by atoms with Crippen molar-refractivity contribution in [1.82, 2.24) is 29.7 Å². The van der Waals surface area contributed by atoms with E-state index >= 15 is 0 Å². The zero-order valence-electron chi connectivity index (χ0n) is 23.8. The minimum absolute atomic E-state index is 0.0461. The molecule has 1 aromatic heterocycles. The number of carbonyl (C=O) groups excluding carboxylic acids is 2. The van der Waals surface area contributed by atoms with E-state index in [1.54, 1.807) is 11.6 Å². The lowest BCUT2D eigenvalue weighted by atomic mass is 10.0. The Kier molecular flexibility index (Phi) is 9.75. The molecule has 15 heteroatoms. The quantitative estimate of drug-likeness (QED) is 0.444. The number of hydrogen-bond donors (Lipinski definition) is 2. The fraction of sp³-hybridized carbons (Fsp3) is 0.429. The highest BCUT2D eigenvalue weighted by Gasteiger charge is 2.32. The van der Waals surface area contributed by atoms with Crippen molar-refractivity contribution in [1.29, 1.82) is 0 Å². The van der Waals surface area contributed by atoms with Crippen molar-refractivity contribution in [3.05, 3.63) is 60.4 Å². The summed E-state index contributed by atoms with van der Waals surface area (Å²) in [6.07, 6.45) is -4.85. The predicted molar refractivity (Wildman–Crippen MR) is 150 cm³/mol. The number of carbonyl (C=O) groups is 2. The van der Waals surface area contributed by atoms with Gasteiger partial charge in [0.25, 0.3) is 0 Å². The molecule has 2 N–H and O–H groups in total. The summed E-state index contributed by atoms with van der Waals surface area (Å²) in [4.78, 5) is 30.1. The Bertz CT molecular complexity index is 1530. The topological polar surface area (TPSA) is 136 Å². The SMILES string of the molecule is CC(C)[C@@H]1NC(=O)[C@@H](C)NC(=O)CCCN(S(=O)(=O)c2ccc(OC(F)(F)F)cc2)CCn2nc(-c3ccccc3)nc21. The number of hydrogen-bond acceptors (Lipinski definition) is 7. The van der Waals surface area contributed by atoms with Gasteiger partial charge in [-0.1, -0.05) is 44.2 Å². The molecule has 4 rings (SSSR count). The van der Waals surface area contributed by atoms with Crippen LogP contribution in [0.5, 0.6) is 5.75 Å². The molecule has 11 nitrogen and oxygen atoms in total. The van der Waals surface area contributed by atoms with E-state index in [1.165, 1.54) is 0 Å². The average molecular weight is 623 g/mol. The Balaban J connectivity index is 1.72. The van der Waals surface area contributed by atoms with Crippen LogP contribution in [0, 0.1) is 5.92 Å². The van der Waals surface area contributed by atoms with Crippen molar-refractivity contribution in [2.24, 2.45) is 5.92 Å². The van der Waals surface area contributed by atoms with Gasteiger partial charge in [0.1, 0.15) is 17.6 Å². The van der Waals surface area contributed by atoms with Gasteiger partial charge in [-0.25, -0.2) is 18.1 Å². The van der Waals surface area contributed by atoms with Crippen molar-refractivity contribution >= 4 is 21.8 Å². The van der Waals surface area contributed by atoms with Gasteiger partial charge in [0.15, 0.2) is 5.82 Å². The maximum atomic E-state index is 13.7. The van der Waals surface area contributed by atoms with Gasteiger partial charge in [0, 0.05) is 25.1 Å². The molecule has 3 aromatic rings. The number of fused-ring (bicyclic) bond motifs is 1. The van der Waals surface area contributed by atoms with Crippen LogP contribution in [0.25, 0.3) is 11.4 Å². The van der Waals surface area contributed by atoms with Crippen LogP contribution in [-0.2, 0) is 26.2 Å². The highest BCUT2D eigenvalue weighted by molar-refractivity contribution is 7.89. The van der Waals surface area contributed by atoms with Gasteiger partial charge in [-0.3, -0.25) is 9.59 Å². The lowest BCUT2D eigenvalue weighted by Crippen LogP contribution is -2.47. The van der Waals surface area contributed by atoms with E-state index in [0.29, 0.717) is 11.6 Å². The fourth-order valence-corrected chi connectivity index (χ4v) is 6.05. The number of nitrogens with one attached hydrogen (secondary N) is 2. The molecule has 1 aliphatic rings. The first-order valence-corrected chi connectivity index (χ1v) is 15.1. The van der Waals surface area contributed by atoms with Crippen molar-refractivity contribution < 1.29 is 35.9 Å². The number of sulfonamides is 1. The smallest absolute Gasteiger partial charge is 0.406 e. The minimum atomic E-state index is -4.92. The largest absolute Gasteiger partial charge is 0.573 e. The van der Waals surface area contributed by atoms with Crippen LogP contribution in [0.15, 0.2) is 59.5 Å². The van der Waals surface area contributed by atoms with Gasteiger partial charge in [-0.05, 0) is 43.5 Å². The number of alkyl halides is 3. The average Bonchev–Trinajstić information content (AvgIpc) is 3.36. The molecule has 2 amide bonds. The Morgan fingerprint density at radius 1 is 0.977 bits per heavy atom. The second kappa shape index (κ2) is 13.1. The summed E-state index contributed by atoms with van der Waals surface area (Å²) in [7, 11) is -4.21. The number of ether oxygens (including phenoxy) is 1. The number of nitrogens with zero attached hydrogens (tertiary/aromatic N) is 4. The van der Waals surface area contributed by atoms with Crippen LogP contribution in [0.1, 0.15) is 45.5 Å². The molecule has 1 aliphatic heterocycles. The lowest BCUT2D eigenvalue weighted by molar-refractivity contribution is -0.274. The van der Waals surface area contributed by atoms with Gasteiger partial charge in [-0.15, -0.1) is 13.2 Å². The molecule has 232 valence electrons. The monoisotopic (exact) mass is 622 g/mol. The van der Waals surface area contributed by atoms with Gasteiger partial charge >= 0.3 is 6.36 Å². The molecular formula is C28H33F3N6O5S. The molecule has 0 spiro atoms. The van der Waals surface area contributed by atoms with Gasteiger partial charge in [0.2, 0.25) is 21.8 Å². The molecule has 0 saturated carbocycles. The summed E-state index contributed by atoms with van der Waals surface area (Å²) >= 11 is 0. The third-order valence-electron chi connectivity index (χ3n) is 6.81. The first-order chi connectivity index (χ1) is 20.2. The summed E-state index contributed by atoms with van der Waals surface area (Å²) in [6.45, 7) is 5.22. The van der Waals surface area contributed by atoms with Gasteiger partial charge < -0.3 is 15.4 Å². The molecule has 0 radical (unpaired) electrons. The van der Waals surface area contributed by atoms with Crippen molar-refractivity contribution in [3.63, 3.8) is 0 Å². The van der Waals surface area contributed by atoms with E-state index in [9.17, 15) is 31.2 Å². The molecule has 2 heterocycles.